The van der Waals surface area contributed by atoms with Crippen molar-refractivity contribution in [1.82, 2.24) is 40.5 Å². The van der Waals surface area contributed by atoms with E-state index in [2.05, 4.69) is 76.3 Å². The Hall–Kier alpha value is -8.28. The summed E-state index contributed by atoms with van der Waals surface area (Å²) in [6.07, 6.45) is 8.99. The van der Waals surface area contributed by atoms with Gasteiger partial charge in [0.25, 0.3) is 11.8 Å². The molecule has 0 aliphatic heterocycles. The highest BCUT2D eigenvalue weighted by Gasteiger charge is 2.11. The molecule has 17 heteroatoms. The summed E-state index contributed by atoms with van der Waals surface area (Å²) in [7, 11) is 0. The number of hydrogen-bond donors (Lipinski definition) is 7. The average molecular weight is 876 g/mol. The van der Waals surface area contributed by atoms with Gasteiger partial charge in [0, 0.05) is 47.3 Å². The number of aliphatic hydroxyl groups is 2. The van der Waals surface area contributed by atoms with Gasteiger partial charge in [-0.15, -0.1) is 0 Å². The average Bonchev–Trinajstić information content (AvgIpc) is 3.33. The highest BCUT2D eigenvalue weighted by molar-refractivity contribution is 5.97. The summed E-state index contributed by atoms with van der Waals surface area (Å²) in [6.45, 7) is 2.87. The molecule has 0 saturated carbocycles. The zero-order chi connectivity index (χ0) is 44.7. The lowest BCUT2D eigenvalue weighted by Crippen LogP contribution is -2.27. The second-order valence-electron chi connectivity index (χ2n) is 14.1. The molecule has 8 rings (SSSR count). The molecule has 0 atom stereocenters. The smallest absolute Gasteiger partial charge is 0.271 e. The number of carbonyl (C=O) groups excluding carboxylic acids is 2. The minimum absolute atomic E-state index is 0. The summed E-state index contributed by atoms with van der Waals surface area (Å²) < 4.78 is 12.1. The van der Waals surface area contributed by atoms with E-state index < -0.39 is 5.91 Å². The van der Waals surface area contributed by atoms with Gasteiger partial charge in [0.2, 0.25) is 0 Å². The van der Waals surface area contributed by atoms with E-state index in [0.717, 1.165) is 38.8 Å². The predicted molar refractivity (Wildman–Crippen MR) is 250 cm³/mol. The molecule has 0 unspecified atom stereocenters. The van der Waals surface area contributed by atoms with Crippen molar-refractivity contribution in [2.45, 2.75) is 27.6 Å². The van der Waals surface area contributed by atoms with E-state index in [1.165, 1.54) is 35.7 Å². The standard InChI is InChI=1S/C24H23N5O3.C23H22N6O3.CH4/c1-16-6-7-21(19-5-3-2-4-18(16)19)32-15-17-8-9-25-22(12-17)29-23-14-27-20(13-28-23)24(31)26-10-11-30;24-18-5-6-20(17-4-2-1-3-16(17)18)32-14-15-7-8-25-21(11-15)29-22-13-27-19(12-28-22)23(31)26-9-10-30;/h2-9,12-14,30H,10-11,15H2,1H3,(H,26,31)(H,25,28,29);1-8,11-13,30H,9-10,14,24H2,(H,26,31)(H,25,28,29);1H4. The molecule has 0 spiro atoms. The number of aryl methyl sites for hydroxylation is 1. The number of amides is 2. The van der Waals surface area contributed by atoms with Gasteiger partial charge in [-0.05, 0) is 71.5 Å². The van der Waals surface area contributed by atoms with E-state index in [0.29, 0.717) is 42.2 Å². The number of carbonyl (C=O) groups is 2. The monoisotopic (exact) mass is 875 g/mol. The van der Waals surface area contributed by atoms with E-state index in [1.807, 2.05) is 78.9 Å². The number of nitrogen functional groups attached to an aromatic ring is 1. The fourth-order valence-corrected chi connectivity index (χ4v) is 6.36. The molecule has 0 saturated heterocycles. The fourth-order valence-electron chi connectivity index (χ4n) is 6.36. The van der Waals surface area contributed by atoms with Crippen LogP contribution in [0.1, 0.15) is 45.1 Å². The highest BCUT2D eigenvalue weighted by Crippen LogP contribution is 2.31. The molecular formula is C48H49N11O6. The normalized spacial score (nSPS) is 10.5. The number of rotatable bonds is 16. The molecule has 4 aromatic carbocycles. The maximum absolute atomic E-state index is 11.8. The molecule has 0 radical (unpaired) electrons. The number of aromatic nitrogens is 6. The lowest BCUT2D eigenvalue weighted by Gasteiger charge is -2.12. The van der Waals surface area contributed by atoms with E-state index in [9.17, 15) is 9.59 Å². The van der Waals surface area contributed by atoms with Crippen LogP contribution < -0.4 is 36.5 Å². The Labute approximate surface area is 375 Å². The largest absolute Gasteiger partial charge is 0.488 e. The molecule has 2 amide bonds. The molecule has 65 heavy (non-hydrogen) atoms. The maximum atomic E-state index is 11.8. The van der Waals surface area contributed by atoms with Crippen LogP contribution in [0.3, 0.4) is 0 Å². The Bertz CT molecular complexity index is 2650. The van der Waals surface area contributed by atoms with Crippen LogP contribution in [0.2, 0.25) is 0 Å². The summed E-state index contributed by atoms with van der Waals surface area (Å²) in [6, 6.07) is 31.3. The number of nitrogens with zero attached hydrogens (tertiary/aromatic N) is 6. The van der Waals surface area contributed by atoms with Crippen LogP contribution in [0.25, 0.3) is 21.5 Å². The molecule has 4 heterocycles. The minimum atomic E-state index is -0.398. The zero-order valence-corrected chi connectivity index (χ0v) is 34.7. The van der Waals surface area contributed by atoms with Crippen molar-refractivity contribution < 1.29 is 29.3 Å². The highest BCUT2D eigenvalue weighted by atomic mass is 16.5. The molecule has 332 valence electrons. The number of ether oxygens (including phenoxy) is 2. The first-order valence-corrected chi connectivity index (χ1v) is 20.1. The maximum Gasteiger partial charge on any atom is 0.271 e. The van der Waals surface area contributed by atoms with Crippen molar-refractivity contribution in [3.8, 4) is 11.5 Å². The number of pyridine rings is 2. The van der Waals surface area contributed by atoms with Gasteiger partial charge in [-0.25, -0.2) is 29.9 Å². The van der Waals surface area contributed by atoms with Crippen molar-refractivity contribution in [2.24, 2.45) is 0 Å². The topological polar surface area (TPSA) is 245 Å². The van der Waals surface area contributed by atoms with Gasteiger partial charge in [0.15, 0.2) is 0 Å². The third kappa shape index (κ3) is 12.4. The molecule has 0 fully saturated rings. The van der Waals surface area contributed by atoms with Crippen LogP contribution in [0.5, 0.6) is 11.5 Å². The van der Waals surface area contributed by atoms with Gasteiger partial charge in [0.05, 0.1) is 38.0 Å². The molecule has 0 bridgehead atoms. The van der Waals surface area contributed by atoms with Gasteiger partial charge in [-0.2, -0.15) is 0 Å². The number of aliphatic hydroxyl groups excluding tert-OH is 2. The molecule has 4 aromatic heterocycles. The van der Waals surface area contributed by atoms with Crippen molar-refractivity contribution in [3.05, 3.63) is 162 Å². The van der Waals surface area contributed by atoms with Crippen LogP contribution in [0.4, 0.5) is 29.0 Å². The first-order valence-electron chi connectivity index (χ1n) is 20.1. The number of nitrogens with two attached hydrogens (primary N) is 1. The van der Waals surface area contributed by atoms with Crippen molar-refractivity contribution >= 4 is 62.3 Å². The second-order valence-corrected chi connectivity index (χ2v) is 14.1. The quantitative estimate of drug-likeness (QED) is 0.0502. The summed E-state index contributed by atoms with van der Waals surface area (Å²) >= 11 is 0. The lowest BCUT2D eigenvalue weighted by atomic mass is 10.0. The SMILES string of the molecule is C.Cc1ccc(OCc2ccnc(Nc3cnc(C(=O)NCCO)cn3)c2)c2ccccc12.Nc1ccc(OCc2ccnc(Nc3cnc(C(=O)NCCO)cn3)c2)c2ccccc12. The predicted octanol–water partition coefficient (Wildman–Crippen LogP) is 6.67. The first-order chi connectivity index (χ1) is 31.3. The zero-order valence-electron chi connectivity index (χ0n) is 34.7. The Balaban J connectivity index is 0.000000212. The van der Waals surface area contributed by atoms with Crippen molar-refractivity contribution in [2.75, 3.05) is 42.7 Å². The van der Waals surface area contributed by atoms with E-state index in [1.54, 1.807) is 12.4 Å². The van der Waals surface area contributed by atoms with Gasteiger partial charge < -0.3 is 46.7 Å². The molecule has 0 aliphatic rings. The van der Waals surface area contributed by atoms with Gasteiger partial charge in [-0.1, -0.05) is 62.0 Å². The summed E-state index contributed by atoms with van der Waals surface area (Å²) in [5.41, 5.74) is 10.2. The number of nitrogens with one attached hydrogen (secondary N) is 4. The van der Waals surface area contributed by atoms with Gasteiger partial charge in [-0.3, -0.25) is 9.59 Å². The Morgan fingerprint density at radius 2 is 1.02 bits per heavy atom. The second kappa shape index (κ2) is 22.7. The fraction of sp³-hybridized carbons (Fsp3) is 0.167. The molecule has 8 N–H and O–H groups in total. The molecule has 0 aliphatic carbocycles. The van der Waals surface area contributed by atoms with Crippen LogP contribution in [-0.4, -0.2) is 78.2 Å². The number of fused-ring (bicyclic) bond motifs is 2. The van der Waals surface area contributed by atoms with Crippen LogP contribution >= 0.6 is 0 Å². The van der Waals surface area contributed by atoms with E-state index >= 15 is 0 Å². The van der Waals surface area contributed by atoms with Gasteiger partial charge >= 0.3 is 0 Å². The summed E-state index contributed by atoms with van der Waals surface area (Å²) in [5.74, 6) is 2.86. The summed E-state index contributed by atoms with van der Waals surface area (Å²) in [4.78, 5) is 48.8. The lowest BCUT2D eigenvalue weighted by molar-refractivity contribution is 0.0932. The van der Waals surface area contributed by atoms with Crippen LogP contribution in [-0.2, 0) is 13.2 Å². The molecule has 17 nitrogen and oxygen atoms in total. The minimum Gasteiger partial charge on any atom is -0.488 e. The Kier molecular flexibility index (Phi) is 16.1. The van der Waals surface area contributed by atoms with Crippen LogP contribution in [0.15, 0.2) is 134 Å². The third-order valence-corrected chi connectivity index (χ3v) is 9.53. The molecular weight excluding hydrogens is 827 g/mol. The van der Waals surface area contributed by atoms with Crippen LogP contribution in [0, 0.1) is 6.92 Å². The Morgan fingerprint density at radius 3 is 1.49 bits per heavy atom. The third-order valence-electron chi connectivity index (χ3n) is 9.53. The summed E-state index contributed by atoms with van der Waals surface area (Å²) in [5, 5.41) is 32.9. The van der Waals surface area contributed by atoms with Crippen molar-refractivity contribution in [3.63, 3.8) is 0 Å². The molecule has 8 aromatic rings. The van der Waals surface area contributed by atoms with E-state index in [4.69, 9.17) is 25.4 Å². The Morgan fingerprint density at radius 1 is 0.554 bits per heavy atom. The first kappa shape index (κ1) is 46.2. The number of benzene rings is 4. The number of hydrogen-bond acceptors (Lipinski definition) is 15. The van der Waals surface area contributed by atoms with E-state index in [-0.39, 0.29) is 51.0 Å². The van der Waals surface area contributed by atoms with Crippen molar-refractivity contribution in [1.29, 1.82) is 0 Å². The van der Waals surface area contributed by atoms with Gasteiger partial charge in [0.1, 0.15) is 59.4 Å². The number of anilines is 5.